The van der Waals surface area contributed by atoms with E-state index in [1.807, 2.05) is 6.92 Å². The molecule has 1 fully saturated rings. The fraction of sp³-hybridized carbons (Fsp3) is 0.286. The Hall–Kier alpha value is -3.46. The quantitative estimate of drug-likeness (QED) is 0.513. The van der Waals surface area contributed by atoms with Crippen LogP contribution in [0.5, 0.6) is 0 Å². The van der Waals surface area contributed by atoms with Gasteiger partial charge in [0.1, 0.15) is 18.7 Å². The van der Waals surface area contributed by atoms with Gasteiger partial charge in [0.05, 0.1) is 18.1 Å². The normalized spacial score (nSPS) is 18.9. The van der Waals surface area contributed by atoms with Gasteiger partial charge >= 0.3 is 0 Å². The summed E-state index contributed by atoms with van der Waals surface area (Å²) in [6, 6.07) is 8.06. The van der Waals surface area contributed by atoms with Crippen LogP contribution in [0, 0.1) is 12.7 Å². The molecule has 30 heavy (non-hydrogen) atoms. The van der Waals surface area contributed by atoms with Crippen molar-refractivity contribution in [2.24, 2.45) is 0 Å². The molecule has 0 radical (unpaired) electrons. The van der Waals surface area contributed by atoms with Crippen LogP contribution >= 0.6 is 0 Å². The maximum Gasteiger partial charge on any atom is 0.263 e. The van der Waals surface area contributed by atoms with Crippen LogP contribution in [-0.2, 0) is 11.3 Å². The highest BCUT2D eigenvalue weighted by molar-refractivity contribution is 5.76. The Labute approximate surface area is 170 Å². The van der Waals surface area contributed by atoms with E-state index in [0.29, 0.717) is 35.8 Å². The molecule has 0 unspecified atom stereocenters. The van der Waals surface area contributed by atoms with E-state index in [4.69, 9.17) is 9.26 Å². The van der Waals surface area contributed by atoms with E-state index in [1.165, 1.54) is 23.0 Å². The highest BCUT2D eigenvalue weighted by Gasteiger charge is 2.31. The lowest BCUT2D eigenvalue weighted by molar-refractivity contribution is 0.110. The van der Waals surface area contributed by atoms with Gasteiger partial charge in [0.2, 0.25) is 5.89 Å². The standard InChI is InChI=1S/C21H18FN5O3/c1-12-6-7-23-20-18(12)21(28)27(11-24-20)9-17-25-19(26-30-17)14-8-16(29-10-14)13-2-4-15(22)5-3-13/h2-7,11,14,16H,8-10H2,1H3/t14-,16+/m0/s1. The molecule has 5 rings (SSSR count). The molecule has 3 aromatic heterocycles. The van der Waals surface area contributed by atoms with E-state index in [-0.39, 0.29) is 29.9 Å². The largest absolute Gasteiger partial charge is 0.373 e. The van der Waals surface area contributed by atoms with Gasteiger partial charge in [0, 0.05) is 12.1 Å². The number of hydrogen-bond acceptors (Lipinski definition) is 7. The van der Waals surface area contributed by atoms with Crippen molar-refractivity contribution in [3.8, 4) is 0 Å². The molecule has 9 heteroatoms. The second kappa shape index (κ2) is 7.42. The Bertz CT molecular complexity index is 1270. The molecular formula is C21H18FN5O3. The molecule has 0 spiro atoms. The lowest BCUT2D eigenvalue weighted by Gasteiger charge is -2.08. The fourth-order valence-electron chi connectivity index (χ4n) is 3.70. The van der Waals surface area contributed by atoms with Crippen molar-refractivity contribution < 1.29 is 13.7 Å². The first-order chi connectivity index (χ1) is 14.6. The second-order valence-corrected chi connectivity index (χ2v) is 7.36. The summed E-state index contributed by atoms with van der Waals surface area (Å²) in [4.78, 5) is 25.6. The van der Waals surface area contributed by atoms with Gasteiger partial charge in [-0.3, -0.25) is 9.36 Å². The Kier molecular flexibility index (Phi) is 4.59. The number of benzene rings is 1. The van der Waals surface area contributed by atoms with Gasteiger partial charge in [-0.05, 0) is 42.7 Å². The van der Waals surface area contributed by atoms with Gasteiger partial charge in [0.15, 0.2) is 11.5 Å². The van der Waals surface area contributed by atoms with E-state index >= 15 is 0 Å². The van der Waals surface area contributed by atoms with Gasteiger partial charge < -0.3 is 9.26 Å². The summed E-state index contributed by atoms with van der Waals surface area (Å²) in [7, 11) is 0. The Morgan fingerprint density at radius 3 is 2.87 bits per heavy atom. The van der Waals surface area contributed by atoms with Crippen LogP contribution in [0.2, 0.25) is 0 Å². The van der Waals surface area contributed by atoms with Gasteiger partial charge in [-0.25, -0.2) is 14.4 Å². The minimum atomic E-state index is -0.277. The van der Waals surface area contributed by atoms with E-state index in [1.54, 1.807) is 24.4 Å². The lowest BCUT2D eigenvalue weighted by Crippen LogP contribution is -2.22. The van der Waals surface area contributed by atoms with Crippen molar-refractivity contribution in [2.75, 3.05) is 6.61 Å². The van der Waals surface area contributed by atoms with Crippen LogP contribution in [0.4, 0.5) is 4.39 Å². The molecule has 1 saturated heterocycles. The molecule has 0 aliphatic carbocycles. The zero-order chi connectivity index (χ0) is 20.7. The highest BCUT2D eigenvalue weighted by Crippen LogP contribution is 2.37. The van der Waals surface area contributed by atoms with Gasteiger partial charge in [-0.2, -0.15) is 4.98 Å². The number of nitrogens with zero attached hydrogens (tertiary/aromatic N) is 5. The van der Waals surface area contributed by atoms with Gasteiger partial charge in [-0.15, -0.1) is 0 Å². The zero-order valence-electron chi connectivity index (χ0n) is 16.2. The average Bonchev–Trinajstić information content (AvgIpc) is 3.40. The van der Waals surface area contributed by atoms with Gasteiger partial charge in [0.25, 0.3) is 5.56 Å². The predicted molar refractivity (Wildman–Crippen MR) is 104 cm³/mol. The van der Waals surface area contributed by atoms with Crippen LogP contribution in [0.25, 0.3) is 11.0 Å². The van der Waals surface area contributed by atoms with Crippen molar-refractivity contribution in [1.29, 1.82) is 0 Å². The first kappa shape index (κ1) is 18.6. The van der Waals surface area contributed by atoms with Crippen molar-refractivity contribution >= 4 is 11.0 Å². The van der Waals surface area contributed by atoms with Gasteiger partial charge in [-0.1, -0.05) is 17.3 Å². The maximum atomic E-state index is 13.1. The molecule has 1 aromatic carbocycles. The molecule has 1 aliphatic rings. The van der Waals surface area contributed by atoms with E-state index in [9.17, 15) is 9.18 Å². The predicted octanol–water partition coefficient (Wildman–Crippen LogP) is 2.92. The molecule has 8 nitrogen and oxygen atoms in total. The fourth-order valence-corrected chi connectivity index (χ4v) is 3.70. The molecule has 0 N–H and O–H groups in total. The summed E-state index contributed by atoms with van der Waals surface area (Å²) in [5, 5.41) is 4.55. The Morgan fingerprint density at radius 1 is 1.20 bits per heavy atom. The highest BCUT2D eigenvalue weighted by atomic mass is 19.1. The molecule has 4 aromatic rings. The second-order valence-electron chi connectivity index (χ2n) is 7.36. The third-order valence-corrected chi connectivity index (χ3v) is 5.33. The zero-order valence-corrected chi connectivity index (χ0v) is 16.2. The third kappa shape index (κ3) is 3.37. The van der Waals surface area contributed by atoms with Crippen molar-refractivity contribution in [1.82, 2.24) is 24.7 Å². The molecule has 1 aliphatic heterocycles. The molecule has 4 heterocycles. The average molecular weight is 407 g/mol. The molecule has 0 bridgehead atoms. The summed E-state index contributed by atoms with van der Waals surface area (Å²) in [5.41, 5.74) is 1.94. The van der Waals surface area contributed by atoms with Crippen molar-refractivity contribution in [3.05, 3.63) is 81.9 Å². The maximum absolute atomic E-state index is 13.1. The monoisotopic (exact) mass is 407 g/mol. The van der Waals surface area contributed by atoms with Crippen molar-refractivity contribution in [3.63, 3.8) is 0 Å². The topological polar surface area (TPSA) is 95.9 Å². The minimum Gasteiger partial charge on any atom is -0.373 e. The van der Waals surface area contributed by atoms with E-state index in [2.05, 4.69) is 20.1 Å². The van der Waals surface area contributed by atoms with E-state index in [0.717, 1.165) is 11.1 Å². The van der Waals surface area contributed by atoms with Crippen molar-refractivity contribution in [2.45, 2.75) is 31.9 Å². The number of halogens is 1. The van der Waals surface area contributed by atoms with Crippen LogP contribution < -0.4 is 5.56 Å². The number of aromatic nitrogens is 5. The molecule has 2 atom stereocenters. The summed E-state index contributed by atoms with van der Waals surface area (Å²) in [5.74, 6) is 0.547. The summed E-state index contributed by atoms with van der Waals surface area (Å²) < 4.78 is 25.8. The molecule has 0 saturated carbocycles. The van der Waals surface area contributed by atoms with Crippen LogP contribution in [0.15, 0.2) is 52.2 Å². The Morgan fingerprint density at radius 2 is 2.03 bits per heavy atom. The summed E-state index contributed by atoms with van der Waals surface area (Å²) >= 11 is 0. The number of ether oxygens (including phenoxy) is 1. The van der Waals surface area contributed by atoms with Crippen LogP contribution in [-0.4, -0.2) is 31.3 Å². The number of rotatable bonds is 4. The SMILES string of the molecule is Cc1ccnc2ncn(Cc3nc([C@@H]4CO[C@@H](c5ccc(F)cc5)C4)no3)c(=O)c12. The van der Waals surface area contributed by atoms with E-state index < -0.39 is 0 Å². The van der Waals surface area contributed by atoms with Crippen LogP contribution in [0.3, 0.4) is 0 Å². The number of fused-ring (bicyclic) bond motifs is 1. The summed E-state index contributed by atoms with van der Waals surface area (Å²) in [6.07, 6.45) is 3.60. The smallest absolute Gasteiger partial charge is 0.263 e. The number of aryl methyl sites for hydroxylation is 1. The minimum absolute atomic E-state index is 0.0320. The number of pyridine rings is 1. The molecule has 152 valence electrons. The molecular weight excluding hydrogens is 389 g/mol. The first-order valence-electron chi connectivity index (χ1n) is 9.59. The third-order valence-electron chi connectivity index (χ3n) is 5.33. The number of hydrogen-bond donors (Lipinski definition) is 0. The van der Waals surface area contributed by atoms with Crippen LogP contribution in [0.1, 0.15) is 41.3 Å². The summed E-state index contributed by atoms with van der Waals surface area (Å²) in [6.45, 7) is 2.42. The molecule has 0 amide bonds. The lowest BCUT2D eigenvalue weighted by atomic mass is 10.00. The first-order valence-corrected chi connectivity index (χ1v) is 9.59. The Balaban J connectivity index is 1.34.